The molecule has 1 aliphatic rings. The van der Waals surface area contributed by atoms with Crippen molar-refractivity contribution in [3.63, 3.8) is 0 Å². The van der Waals surface area contributed by atoms with Crippen molar-refractivity contribution in [1.82, 2.24) is 14.8 Å². The molecule has 4 aromatic rings. The molecule has 1 aliphatic heterocycles. The van der Waals surface area contributed by atoms with E-state index in [1.54, 1.807) is 29.8 Å². The van der Waals surface area contributed by atoms with E-state index in [-0.39, 0.29) is 12.4 Å². The molecule has 39 heavy (non-hydrogen) atoms. The minimum Gasteiger partial charge on any atom is -0.489 e. The molecule has 0 aliphatic carbocycles. The zero-order valence-corrected chi connectivity index (χ0v) is 22.8. The number of nitrogens with zero attached hydrogens (tertiary/aromatic N) is 3. The number of halogens is 1. The molecule has 7 nitrogen and oxygen atoms in total. The zero-order valence-electron chi connectivity index (χ0n) is 22.0. The third kappa shape index (κ3) is 5.83. The highest BCUT2D eigenvalue weighted by atomic mass is 32.2. The number of anilines is 1. The average molecular weight is 545 g/mol. The Kier molecular flexibility index (Phi) is 7.97. The fraction of sp³-hybridized carbons (Fsp3) is 0.233. The highest BCUT2D eigenvalue weighted by Gasteiger charge is 2.35. The Balaban J connectivity index is 1.42. The number of thioether (sulfide) groups is 1. The van der Waals surface area contributed by atoms with Gasteiger partial charge in [0.15, 0.2) is 0 Å². The summed E-state index contributed by atoms with van der Waals surface area (Å²) >= 11 is 1.33. The van der Waals surface area contributed by atoms with Crippen molar-refractivity contribution in [3.05, 3.63) is 112 Å². The maximum absolute atomic E-state index is 14.1. The Morgan fingerprint density at radius 2 is 1.74 bits per heavy atom. The number of hydrogen-bond acceptors (Lipinski definition) is 7. The molecule has 0 amide bonds. The Morgan fingerprint density at radius 1 is 1.03 bits per heavy atom. The number of carbonyl (C=O) groups excluding carboxylic acids is 1. The van der Waals surface area contributed by atoms with E-state index in [2.05, 4.69) is 23.3 Å². The van der Waals surface area contributed by atoms with Gasteiger partial charge in [-0.3, -0.25) is 0 Å². The Bertz CT molecular complexity index is 1520. The molecule has 1 N–H and O–H groups in total. The monoisotopic (exact) mass is 544 g/mol. The summed E-state index contributed by atoms with van der Waals surface area (Å²) in [7, 11) is 0. The van der Waals surface area contributed by atoms with Crippen LogP contribution in [0.2, 0.25) is 0 Å². The van der Waals surface area contributed by atoms with E-state index in [4.69, 9.17) is 14.6 Å². The lowest BCUT2D eigenvalue weighted by atomic mass is 9.96. The van der Waals surface area contributed by atoms with E-state index < -0.39 is 12.0 Å². The summed E-state index contributed by atoms with van der Waals surface area (Å²) in [4.78, 5) is 17.7. The fourth-order valence-electron chi connectivity index (χ4n) is 4.41. The van der Waals surface area contributed by atoms with Crippen molar-refractivity contribution in [2.45, 2.75) is 44.3 Å². The summed E-state index contributed by atoms with van der Waals surface area (Å²) < 4.78 is 27.2. The number of aromatic nitrogens is 3. The Hall–Kier alpha value is -4.11. The summed E-state index contributed by atoms with van der Waals surface area (Å²) in [5.74, 6) is 0.909. The van der Waals surface area contributed by atoms with E-state index in [1.807, 2.05) is 49.4 Å². The second-order valence-corrected chi connectivity index (χ2v) is 10.1. The first kappa shape index (κ1) is 26.5. The summed E-state index contributed by atoms with van der Waals surface area (Å²) in [6.45, 7) is 6.37. The number of ether oxygens (including phenoxy) is 2. The van der Waals surface area contributed by atoms with Crippen molar-refractivity contribution in [3.8, 4) is 5.75 Å². The second-order valence-electron chi connectivity index (χ2n) is 9.11. The second kappa shape index (κ2) is 11.7. The molecule has 0 fully saturated rings. The van der Waals surface area contributed by atoms with E-state index in [0.717, 1.165) is 11.1 Å². The van der Waals surface area contributed by atoms with Gasteiger partial charge in [-0.2, -0.15) is 4.98 Å². The van der Waals surface area contributed by atoms with Crippen LogP contribution < -0.4 is 10.1 Å². The van der Waals surface area contributed by atoms with Crippen molar-refractivity contribution in [2.75, 3.05) is 11.9 Å². The molecule has 2 heterocycles. The Labute approximate surface area is 231 Å². The van der Waals surface area contributed by atoms with Crippen LogP contribution in [0.25, 0.3) is 0 Å². The molecule has 0 spiro atoms. The Morgan fingerprint density at radius 3 is 2.46 bits per heavy atom. The molecule has 9 heteroatoms. The molecular weight excluding hydrogens is 515 g/mol. The lowest BCUT2D eigenvalue weighted by Gasteiger charge is -2.28. The fourth-order valence-corrected chi connectivity index (χ4v) is 5.23. The van der Waals surface area contributed by atoms with E-state index >= 15 is 0 Å². The number of hydrogen-bond donors (Lipinski definition) is 1. The summed E-state index contributed by atoms with van der Waals surface area (Å²) in [6.07, 6.45) is 0. The van der Waals surface area contributed by atoms with Gasteiger partial charge in [0.25, 0.3) is 0 Å². The van der Waals surface area contributed by atoms with E-state index in [0.29, 0.717) is 46.0 Å². The molecule has 1 atom stereocenters. The van der Waals surface area contributed by atoms with Gasteiger partial charge in [0.05, 0.1) is 12.2 Å². The normalized spacial score (nSPS) is 14.5. The van der Waals surface area contributed by atoms with Gasteiger partial charge in [0.1, 0.15) is 24.2 Å². The standard InChI is InChI=1S/C30H29FN4O3S/c1-4-37-28(36)26-20(3)32-29-33-30(39-18-23-11-7-8-12-25(23)31)34-35(29)27(26)21-13-15-24(16-14-21)38-17-22-10-6-5-9-19(22)2/h5-16,27H,4,17-18H2,1-3H3,(H,32,33,34). The van der Waals surface area contributed by atoms with Gasteiger partial charge in [-0.25, -0.2) is 13.9 Å². The van der Waals surface area contributed by atoms with Gasteiger partial charge in [-0.05, 0) is 61.2 Å². The van der Waals surface area contributed by atoms with Crippen molar-refractivity contribution in [1.29, 1.82) is 0 Å². The molecule has 3 aromatic carbocycles. The summed E-state index contributed by atoms with van der Waals surface area (Å²) in [6, 6.07) is 21.8. The smallest absolute Gasteiger partial charge is 0.338 e. The minimum atomic E-state index is -0.555. The minimum absolute atomic E-state index is 0.252. The number of benzene rings is 3. The van der Waals surface area contributed by atoms with Crippen LogP contribution in [-0.4, -0.2) is 27.3 Å². The lowest BCUT2D eigenvalue weighted by molar-refractivity contribution is -0.139. The largest absolute Gasteiger partial charge is 0.489 e. The topological polar surface area (TPSA) is 78.3 Å². The van der Waals surface area contributed by atoms with E-state index in [9.17, 15) is 9.18 Å². The first-order valence-electron chi connectivity index (χ1n) is 12.7. The summed E-state index contributed by atoms with van der Waals surface area (Å²) in [5.41, 5.74) is 4.79. The first-order valence-corrected chi connectivity index (χ1v) is 13.7. The highest BCUT2D eigenvalue weighted by molar-refractivity contribution is 7.98. The van der Waals surface area contributed by atoms with Gasteiger partial charge in [-0.15, -0.1) is 5.10 Å². The van der Waals surface area contributed by atoms with Crippen LogP contribution in [-0.2, 0) is 21.9 Å². The number of rotatable bonds is 9. The maximum Gasteiger partial charge on any atom is 0.338 e. The molecule has 200 valence electrons. The average Bonchev–Trinajstić information content (AvgIpc) is 3.34. The number of carbonyl (C=O) groups is 1. The molecule has 5 rings (SSSR count). The molecular formula is C30H29FN4O3S. The van der Waals surface area contributed by atoms with Gasteiger partial charge < -0.3 is 14.8 Å². The van der Waals surface area contributed by atoms with E-state index in [1.165, 1.54) is 23.4 Å². The molecule has 0 radical (unpaired) electrons. The number of esters is 1. The quantitative estimate of drug-likeness (QED) is 0.192. The van der Waals surface area contributed by atoms with Crippen molar-refractivity contribution < 1.29 is 18.7 Å². The number of allylic oxidation sites excluding steroid dienone is 1. The predicted molar refractivity (Wildman–Crippen MR) is 149 cm³/mol. The van der Waals surface area contributed by atoms with Gasteiger partial charge >= 0.3 is 5.97 Å². The lowest BCUT2D eigenvalue weighted by Crippen LogP contribution is -2.29. The van der Waals surface area contributed by atoms with Crippen LogP contribution in [0.4, 0.5) is 10.3 Å². The van der Waals surface area contributed by atoms with Crippen LogP contribution >= 0.6 is 11.8 Å². The van der Waals surface area contributed by atoms with Crippen LogP contribution in [0.3, 0.4) is 0 Å². The van der Waals surface area contributed by atoms with Crippen LogP contribution in [0.1, 0.15) is 42.1 Å². The van der Waals surface area contributed by atoms with Gasteiger partial charge in [-0.1, -0.05) is 66.4 Å². The number of nitrogens with one attached hydrogen (secondary N) is 1. The molecule has 1 aromatic heterocycles. The number of fused-ring (bicyclic) bond motifs is 1. The summed E-state index contributed by atoms with van der Waals surface area (Å²) in [5, 5.41) is 8.36. The molecule has 0 bridgehead atoms. The van der Waals surface area contributed by atoms with Crippen molar-refractivity contribution in [2.24, 2.45) is 0 Å². The van der Waals surface area contributed by atoms with Crippen LogP contribution in [0, 0.1) is 12.7 Å². The van der Waals surface area contributed by atoms with Crippen molar-refractivity contribution >= 4 is 23.7 Å². The SMILES string of the molecule is CCOC(=O)C1=C(C)Nc2nc(SCc3ccccc3F)nn2C1c1ccc(OCc2ccccc2C)cc1. The third-order valence-corrected chi connectivity index (χ3v) is 7.38. The van der Waals surface area contributed by atoms with Crippen LogP contribution in [0.5, 0.6) is 5.75 Å². The predicted octanol–water partition coefficient (Wildman–Crippen LogP) is 6.45. The van der Waals surface area contributed by atoms with Gasteiger partial charge in [0, 0.05) is 11.4 Å². The molecule has 0 saturated carbocycles. The van der Waals surface area contributed by atoms with Gasteiger partial charge in [0.2, 0.25) is 11.1 Å². The molecule has 1 unspecified atom stereocenters. The first-order chi connectivity index (χ1) is 18.9. The number of aryl methyl sites for hydroxylation is 1. The maximum atomic E-state index is 14.1. The highest BCUT2D eigenvalue weighted by Crippen LogP contribution is 2.37. The zero-order chi connectivity index (χ0) is 27.4. The van der Waals surface area contributed by atoms with Crippen LogP contribution in [0.15, 0.2) is 89.2 Å². The third-order valence-electron chi connectivity index (χ3n) is 6.49. The molecule has 0 saturated heterocycles.